The molecule has 0 saturated carbocycles. The van der Waals surface area contributed by atoms with Gasteiger partial charge in [0.1, 0.15) is 0 Å². The number of hydrogen-bond donors (Lipinski definition) is 2. The first kappa shape index (κ1) is 10.7. The monoisotopic (exact) mass is 218 g/mol. The number of hydrogen-bond acceptors (Lipinski definition) is 5. The predicted octanol–water partition coefficient (Wildman–Crippen LogP) is 1.01. The fraction of sp³-hybridized carbons (Fsp3) is 0.400. The SMILES string of the molecule is CC(NC(C)c1nn[nH]n1)c1ccccn1. The Hall–Kier alpha value is -1.82. The van der Waals surface area contributed by atoms with Crippen molar-refractivity contribution in [3.63, 3.8) is 0 Å². The van der Waals surface area contributed by atoms with Gasteiger partial charge in [0.25, 0.3) is 0 Å². The van der Waals surface area contributed by atoms with Crippen LogP contribution in [0.25, 0.3) is 0 Å². The first-order chi connectivity index (χ1) is 7.77. The third-order valence-electron chi connectivity index (χ3n) is 2.38. The Labute approximate surface area is 93.5 Å². The molecule has 0 aromatic carbocycles. The van der Waals surface area contributed by atoms with Crippen LogP contribution in [0.15, 0.2) is 24.4 Å². The highest BCUT2D eigenvalue weighted by atomic mass is 15.5. The summed E-state index contributed by atoms with van der Waals surface area (Å²) >= 11 is 0. The largest absolute Gasteiger partial charge is 0.299 e. The Kier molecular flexibility index (Phi) is 3.21. The van der Waals surface area contributed by atoms with Gasteiger partial charge >= 0.3 is 0 Å². The van der Waals surface area contributed by atoms with Crippen LogP contribution in [0.2, 0.25) is 0 Å². The first-order valence-electron chi connectivity index (χ1n) is 5.17. The van der Waals surface area contributed by atoms with E-state index in [0.29, 0.717) is 5.82 Å². The van der Waals surface area contributed by atoms with E-state index in [1.807, 2.05) is 25.1 Å². The fourth-order valence-electron chi connectivity index (χ4n) is 1.52. The topological polar surface area (TPSA) is 79.4 Å². The van der Waals surface area contributed by atoms with Gasteiger partial charge in [0.2, 0.25) is 0 Å². The van der Waals surface area contributed by atoms with Crippen LogP contribution in [0.1, 0.15) is 37.4 Å². The molecule has 0 spiro atoms. The van der Waals surface area contributed by atoms with Crippen LogP contribution in [-0.4, -0.2) is 25.6 Å². The van der Waals surface area contributed by atoms with E-state index in [1.54, 1.807) is 6.20 Å². The number of nitrogens with zero attached hydrogens (tertiary/aromatic N) is 4. The van der Waals surface area contributed by atoms with Crippen LogP contribution in [0.3, 0.4) is 0 Å². The maximum atomic E-state index is 4.29. The fourth-order valence-corrected chi connectivity index (χ4v) is 1.52. The molecule has 0 aliphatic rings. The minimum atomic E-state index is 0.0377. The van der Waals surface area contributed by atoms with Crippen molar-refractivity contribution in [2.24, 2.45) is 0 Å². The average molecular weight is 218 g/mol. The van der Waals surface area contributed by atoms with Crippen molar-refractivity contribution in [3.8, 4) is 0 Å². The molecule has 0 fully saturated rings. The van der Waals surface area contributed by atoms with Crippen LogP contribution in [-0.2, 0) is 0 Å². The molecule has 2 atom stereocenters. The zero-order valence-electron chi connectivity index (χ0n) is 9.25. The molecule has 2 N–H and O–H groups in total. The quantitative estimate of drug-likeness (QED) is 0.800. The number of aromatic amines is 1. The lowest BCUT2D eigenvalue weighted by molar-refractivity contribution is 0.469. The van der Waals surface area contributed by atoms with E-state index >= 15 is 0 Å². The van der Waals surface area contributed by atoms with E-state index in [2.05, 4.69) is 37.8 Å². The van der Waals surface area contributed by atoms with E-state index < -0.39 is 0 Å². The summed E-state index contributed by atoms with van der Waals surface area (Å²) in [6, 6.07) is 6.05. The van der Waals surface area contributed by atoms with Crippen LogP contribution < -0.4 is 5.32 Å². The summed E-state index contributed by atoms with van der Waals surface area (Å²) in [6.45, 7) is 4.04. The van der Waals surface area contributed by atoms with Gasteiger partial charge in [0.05, 0.1) is 11.7 Å². The third-order valence-corrected chi connectivity index (χ3v) is 2.38. The summed E-state index contributed by atoms with van der Waals surface area (Å²) in [5, 5.41) is 17.2. The van der Waals surface area contributed by atoms with E-state index in [1.165, 1.54) is 0 Å². The maximum absolute atomic E-state index is 4.29. The van der Waals surface area contributed by atoms with Crippen LogP contribution in [0, 0.1) is 0 Å². The zero-order chi connectivity index (χ0) is 11.4. The molecule has 0 aliphatic heterocycles. The second kappa shape index (κ2) is 4.80. The van der Waals surface area contributed by atoms with Crippen molar-refractivity contribution < 1.29 is 0 Å². The first-order valence-corrected chi connectivity index (χ1v) is 5.17. The van der Waals surface area contributed by atoms with Gasteiger partial charge in [-0.15, -0.1) is 10.2 Å². The minimum Gasteiger partial charge on any atom is -0.299 e. The molecule has 2 heterocycles. The minimum absolute atomic E-state index is 0.0377. The van der Waals surface area contributed by atoms with Gasteiger partial charge in [-0.05, 0) is 26.0 Å². The maximum Gasteiger partial charge on any atom is 0.191 e. The molecule has 2 unspecified atom stereocenters. The Morgan fingerprint density at radius 3 is 2.75 bits per heavy atom. The predicted molar refractivity (Wildman–Crippen MR) is 58.4 cm³/mol. The lowest BCUT2D eigenvalue weighted by Crippen LogP contribution is -2.24. The van der Waals surface area contributed by atoms with Gasteiger partial charge in [-0.25, -0.2) is 0 Å². The van der Waals surface area contributed by atoms with Crippen molar-refractivity contribution >= 4 is 0 Å². The highest BCUT2D eigenvalue weighted by Crippen LogP contribution is 2.14. The van der Waals surface area contributed by atoms with Gasteiger partial charge in [-0.2, -0.15) is 5.21 Å². The van der Waals surface area contributed by atoms with Crippen molar-refractivity contribution in [3.05, 3.63) is 35.9 Å². The molecular weight excluding hydrogens is 204 g/mol. The van der Waals surface area contributed by atoms with Gasteiger partial charge < -0.3 is 0 Å². The smallest absolute Gasteiger partial charge is 0.191 e. The third kappa shape index (κ3) is 2.40. The molecule has 6 heteroatoms. The summed E-state index contributed by atoms with van der Waals surface area (Å²) < 4.78 is 0. The van der Waals surface area contributed by atoms with Gasteiger partial charge in [0, 0.05) is 12.2 Å². The number of tetrazole rings is 1. The van der Waals surface area contributed by atoms with Gasteiger partial charge in [-0.1, -0.05) is 11.3 Å². The lowest BCUT2D eigenvalue weighted by atomic mass is 10.2. The van der Waals surface area contributed by atoms with Gasteiger partial charge in [-0.3, -0.25) is 10.3 Å². The molecule has 84 valence electrons. The number of nitrogens with one attached hydrogen (secondary N) is 2. The van der Waals surface area contributed by atoms with Crippen molar-refractivity contribution in [2.75, 3.05) is 0 Å². The van der Waals surface area contributed by atoms with Crippen molar-refractivity contribution in [1.29, 1.82) is 0 Å². The molecule has 0 saturated heterocycles. The van der Waals surface area contributed by atoms with E-state index in [-0.39, 0.29) is 12.1 Å². The summed E-state index contributed by atoms with van der Waals surface area (Å²) in [4.78, 5) is 4.29. The lowest BCUT2D eigenvalue weighted by Gasteiger charge is -2.16. The summed E-state index contributed by atoms with van der Waals surface area (Å²) in [5.74, 6) is 0.655. The summed E-state index contributed by atoms with van der Waals surface area (Å²) in [6.07, 6.45) is 1.78. The molecule has 2 aromatic heterocycles. The second-order valence-corrected chi connectivity index (χ2v) is 3.63. The molecule has 16 heavy (non-hydrogen) atoms. The van der Waals surface area contributed by atoms with Crippen LogP contribution in [0.4, 0.5) is 0 Å². The zero-order valence-corrected chi connectivity index (χ0v) is 9.25. The van der Waals surface area contributed by atoms with E-state index in [4.69, 9.17) is 0 Å². The van der Waals surface area contributed by atoms with Crippen LogP contribution >= 0.6 is 0 Å². The molecular formula is C10H14N6. The molecule has 6 nitrogen and oxygen atoms in total. The summed E-state index contributed by atoms with van der Waals surface area (Å²) in [5.41, 5.74) is 0.998. The molecule has 0 amide bonds. The van der Waals surface area contributed by atoms with Crippen molar-refractivity contribution in [1.82, 2.24) is 30.9 Å². The molecule has 2 aromatic rings. The highest BCUT2D eigenvalue weighted by Gasteiger charge is 2.14. The Balaban J connectivity index is 2.00. The summed E-state index contributed by atoms with van der Waals surface area (Å²) in [7, 11) is 0. The van der Waals surface area contributed by atoms with Crippen molar-refractivity contribution in [2.45, 2.75) is 25.9 Å². The molecule has 0 bridgehead atoms. The normalized spacial score (nSPS) is 14.6. The van der Waals surface area contributed by atoms with Crippen LogP contribution in [0.5, 0.6) is 0 Å². The standard InChI is InChI=1S/C10H14N6/c1-7(9-5-3-4-6-11-9)12-8(2)10-13-15-16-14-10/h3-8,12H,1-2H3,(H,13,14,15,16). The van der Waals surface area contributed by atoms with E-state index in [0.717, 1.165) is 5.69 Å². The number of H-pyrrole nitrogens is 1. The highest BCUT2D eigenvalue weighted by molar-refractivity contribution is 5.08. The number of aromatic nitrogens is 5. The molecule has 0 radical (unpaired) electrons. The number of rotatable bonds is 4. The second-order valence-electron chi connectivity index (χ2n) is 3.63. The number of pyridine rings is 1. The Bertz CT molecular complexity index is 412. The average Bonchev–Trinajstić information content (AvgIpc) is 2.83. The molecule has 2 rings (SSSR count). The van der Waals surface area contributed by atoms with E-state index in [9.17, 15) is 0 Å². The molecule has 0 aliphatic carbocycles. The van der Waals surface area contributed by atoms with Gasteiger partial charge in [0.15, 0.2) is 5.82 Å². The Morgan fingerprint density at radius 2 is 2.12 bits per heavy atom. The Morgan fingerprint density at radius 1 is 1.25 bits per heavy atom.